The lowest BCUT2D eigenvalue weighted by Gasteiger charge is -2.21. The minimum absolute atomic E-state index is 0.204. The predicted octanol–water partition coefficient (Wildman–Crippen LogP) is 4.22. The standard InChI is InChI=1S/C11H17N3S.C9H15N3.C4H8O.C2H4O/c1-4-14(13-3)7-5-11(12-2)10-6-8-15-9-10;1-7-10-8-6-11(2)5-4-9(8)12(7)3;1-4(2)3-5;1-2-3/h4,6,8-9,11-12H,1,3,5,7H2,2H3;4-6H2,1-3H3;3-4H,1-2H3;2H,1H3. The first-order chi connectivity index (χ1) is 16.7. The van der Waals surface area contributed by atoms with Crippen LogP contribution in [-0.2, 0) is 29.6 Å². The lowest BCUT2D eigenvalue weighted by atomic mass is 10.1. The summed E-state index contributed by atoms with van der Waals surface area (Å²) in [6.07, 6.45) is 5.48. The SMILES string of the molecule is C=CN(CCC(NC)c1ccsc1)N=C.CC(C)C=O.CC=O.Cc1nc2c(n1C)CCN(C)C2. The molecule has 0 spiro atoms. The highest BCUT2D eigenvalue weighted by Crippen LogP contribution is 2.19. The second-order valence-electron chi connectivity index (χ2n) is 8.39. The Morgan fingerprint density at radius 2 is 1.97 bits per heavy atom. The van der Waals surface area contributed by atoms with E-state index in [0.717, 1.165) is 50.9 Å². The van der Waals surface area contributed by atoms with Gasteiger partial charge >= 0.3 is 0 Å². The van der Waals surface area contributed by atoms with Gasteiger partial charge in [-0.2, -0.15) is 16.4 Å². The number of hydrogen-bond donors (Lipinski definition) is 1. The van der Waals surface area contributed by atoms with E-state index >= 15 is 0 Å². The van der Waals surface area contributed by atoms with Crippen LogP contribution in [0.15, 0.2) is 34.7 Å². The first kappa shape index (κ1) is 32.4. The highest BCUT2D eigenvalue weighted by atomic mass is 32.1. The van der Waals surface area contributed by atoms with Gasteiger partial charge in [0.05, 0.1) is 5.69 Å². The molecule has 0 aromatic carbocycles. The fraction of sp³-hybridized carbons (Fsp3) is 0.538. The van der Waals surface area contributed by atoms with Crippen LogP contribution in [0, 0.1) is 12.8 Å². The lowest BCUT2D eigenvalue weighted by molar-refractivity contribution is -0.110. The normalized spacial score (nSPS) is 12.9. The summed E-state index contributed by atoms with van der Waals surface area (Å²) >= 11 is 1.72. The molecule has 2 aromatic rings. The fourth-order valence-corrected chi connectivity index (χ4v) is 3.94. The van der Waals surface area contributed by atoms with Gasteiger partial charge in [0.2, 0.25) is 0 Å². The van der Waals surface area contributed by atoms with Crippen molar-refractivity contribution in [1.29, 1.82) is 0 Å². The van der Waals surface area contributed by atoms with Gasteiger partial charge in [-0.15, -0.1) is 0 Å². The average Bonchev–Trinajstić information content (AvgIpc) is 3.46. The number of nitrogens with one attached hydrogen (secondary N) is 1. The van der Waals surface area contributed by atoms with E-state index in [0.29, 0.717) is 6.04 Å². The van der Waals surface area contributed by atoms with E-state index in [2.05, 4.69) is 76.0 Å². The molecule has 9 heteroatoms. The number of thiophene rings is 1. The van der Waals surface area contributed by atoms with Crippen LogP contribution in [0.5, 0.6) is 0 Å². The van der Waals surface area contributed by atoms with Gasteiger partial charge < -0.3 is 24.4 Å². The van der Waals surface area contributed by atoms with Gasteiger partial charge in [0.15, 0.2) is 0 Å². The van der Waals surface area contributed by atoms with Crippen LogP contribution in [0.2, 0.25) is 0 Å². The molecule has 0 fully saturated rings. The molecule has 1 atom stereocenters. The number of aromatic nitrogens is 2. The van der Waals surface area contributed by atoms with Crippen molar-refractivity contribution in [3.8, 4) is 0 Å². The van der Waals surface area contributed by atoms with Crippen LogP contribution in [0.1, 0.15) is 56.0 Å². The van der Waals surface area contributed by atoms with Crippen molar-refractivity contribution in [3.05, 3.63) is 52.4 Å². The van der Waals surface area contributed by atoms with Crippen molar-refractivity contribution in [3.63, 3.8) is 0 Å². The van der Waals surface area contributed by atoms with Crippen molar-refractivity contribution in [2.45, 2.75) is 53.1 Å². The predicted molar refractivity (Wildman–Crippen MR) is 148 cm³/mol. The maximum Gasteiger partial charge on any atom is 0.122 e. The summed E-state index contributed by atoms with van der Waals surface area (Å²) in [5, 5.41) is 13.1. The summed E-state index contributed by atoms with van der Waals surface area (Å²) in [6, 6.07) is 2.52. The molecule has 1 N–H and O–H groups in total. The van der Waals surface area contributed by atoms with Crippen LogP contribution in [0.4, 0.5) is 0 Å². The molecule has 196 valence electrons. The van der Waals surface area contributed by atoms with Gasteiger partial charge in [0.25, 0.3) is 0 Å². The summed E-state index contributed by atoms with van der Waals surface area (Å²) < 4.78 is 2.21. The molecule has 3 heterocycles. The first-order valence-electron chi connectivity index (χ1n) is 11.8. The van der Waals surface area contributed by atoms with Gasteiger partial charge in [0, 0.05) is 63.7 Å². The van der Waals surface area contributed by atoms with Crippen LogP contribution < -0.4 is 5.32 Å². The van der Waals surface area contributed by atoms with Crippen LogP contribution in [-0.4, -0.2) is 65.9 Å². The number of likely N-dealkylation sites (N-methyl/N-ethyl adjacent to an activating group) is 1. The quantitative estimate of drug-likeness (QED) is 0.329. The van der Waals surface area contributed by atoms with Gasteiger partial charge in [-0.25, -0.2) is 4.98 Å². The molecule has 1 aliphatic rings. The Labute approximate surface area is 215 Å². The number of aryl methyl sites for hydroxylation is 1. The molecule has 1 unspecified atom stereocenters. The largest absolute Gasteiger partial charge is 0.335 e. The molecule has 0 bridgehead atoms. The van der Waals surface area contributed by atoms with Crippen LogP contribution in [0.3, 0.4) is 0 Å². The molecule has 0 radical (unpaired) electrons. The molecule has 0 saturated carbocycles. The van der Waals surface area contributed by atoms with Gasteiger partial charge in [-0.1, -0.05) is 20.4 Å². The average molecular weight is 505 g/mol. The Bertz CT molecular complexity index is 856. The number of nitrogens with zero attached hydrogens (tertiary/aromatic N) is 5. The third-order valence-corrected chi connectivity index (χ3v) is 5.98. The molecule has 8 nitrogen and oxygen atoms in total. The number of rotatable bonds is 8. The van der Waals surface area contributed by atoms with Gasteiger partial charge in [-0.05, 0) is 56.8 Å². The highest BCUT2D eigenvalue weighted by Gasteiger charge is 2.18. The van der Waals surface area contributed by atoms with E-state index in [9.17, 15) is 4.79 Å². The number of hydrogen-bond acceptors (Lipinski definition) is 8. The Kier molecular flexibility index (Phi) is 17.3. The minimum atomic E-state index is 0.204. The molecule has 1 aliphatic heterocycles. The van der Waals surface area contributed by atoms with E-state index < -0.39 is 0 Å². The van der Waals surface area contributed by atoms with E-state index in [-0.39, 0.29) is 5.92 Å². The highest BCUT2D eigenvalue weighted by molar-refractivity contribution is 7.07. The number of carbonyl (C=O) groups excluding carboxylic acids is 2. The number of fused-ring (bicyclic) bond motifs is 1. The Balaban J connectivity index is 0.000000514. The zero-order chi connectivity index (χ0) is 26.8. The Morgan fingerprint density at radius 1 is 1.34 bits per heavy atom. The van der Waals surface area contributed by atoms with E-state index in [1.165, 1.54) is 23.9 Å². The van der Waals surface area contributed by atoms with Crippen LogP contribution in [0.25, 0.3) is 0 Å². The van der Waals surface area contributed by atoms with Crippen molar-refractivity contribution in [1.82, 2.24) is 24.8 Å². The summed E-state index contributed by atoms with van der Waals surface area (Å²) in [4.78, 5) is 25.1. The second-order valence-corrected chi connectivity index (χ2v) is 9.17. The van der Waals surface area contributed by atoms with Crippen LogP contribution >= 0.6 is 11.3 Å². The molecule has 3 rings (SSSR count). The number of carbonyl (C=O) groups is 2. The molecule has 35 heavy (non-hydrogen) atoms. The maximum absolute atomic E-state index is 9.50. The molecule has 2 aromatic heterocycles. The van der Waals surface area contributed by atoms with Crippen molar-refractivity contribution in [2.24, 2.45) is 18.1 Å². The Hall–Kier alpha value is -2.62. The smallest absolute Gasteiger partial charge is 0.122 e. The fourth-order valence-electron chi connectivity index (χ4n) is 3.23. The molecular weight excluding hydrogens is 460 g/mol. The van der Waals surface area contributed by atoms with E-state index in [1.807, 2.05) is 20.9 Å². The Morgan fingerprint density at radius 3 is 2.43 bits per heavy atom. The number of aldehydes is 2. The van der Waals surface area contributed by atoms with E-state index in [4.69, 9.17) is 4.79 Å². The lowest BCUT2D eigenvalue weighted by Crippen LogP contribution is -2.27. The molecular formula is C26H44N6O2S. The van der Waals surface area contributed by atoms with Crippen molar-refractivity contribution < 1.29 is 9.59 Å². The number of hydrazone groups is 1. The molecule has 0 aliphatic carbocycles. The first-order valence-corrected chi connectivity index (χ1v) is 12.7. The molecule has 0 amide bonds. The summed E-state index contributed by atoms with van der Waals surface area (Å²) in [6.45, 7) is 17.4. The third-order valence-electron chi connectivity index (χ3n) is 5.28. The summed E-state index contributed by atoms with van der Waals surface area (Å²) in [7, 11) is 6.22. The van der Waals surface area contributed by atoms with E-state index in [1.54, 1.807) is 22.5 Å². The second kappa shape index (κ2) is 18.7. The summed E-state index contributed by atoms with van der Waals surface area (Å²) in [5.41, 5.74) is 4.02. The minimum Gasteiger partial charge on any atom is -0.335 e. The maximum atomic E-state index is 9.50. The molecule has 0 saturated heterocycles. The number of imidazole rings is 1. The van der Waals surface area contributed by atoms with Crippen molar-refractivity contribution >= 4 is 30.6 Å². The van der Waals surface area contributed by atoms with Gasteiger partial charge in [0.1, 0.15) is 18.4 Å². The zero-order valence-electron chi connectivity index (χ0n) is 22.5. The van der Waals surface area contributed by atoms with Gasteiger partial charge in [-0.3, -0.25) is 5.01 Å². The third kappa shape index (κ3) is 12.6. The zero-order valence-corrected chi connectivity index (χ0v) is 23.3. The van der Waals surface area contributed by atoms with Crippen molar-refractivity contribution in [2.75, 3.05) is 27.2 Å². The summed E-state index contributed by atoms with van der Waals surface area (Å²) in [5.74, 6) is 1.34. The monoisotopic (exact) mass is 504 g/mol. The topological polar surface area (TPSA) is 82.8 Å².